The summed E-state index contributed by atoms with van der Waals surface area (Å²) in [7, 11) is 1.94. The minimum atomic E-state index is 0.832. The molecule has 0 aliphatic heterocycles. The highest BCUT2D eigenvalue weighted by molar-refractivity contribution is 5.00. The Labute approximate surface area is 121 Å². The van der Waals surface area contributed by atoms with Crippen molar-refractivity contribution in [3.8, 4) is 11.8 Å². The maximum Gasteiger partial charge on any atom is 0.0574 e. The van der Waals surface area contributed by atoms with Gasteiger partial charge in [0.15, 0.2) is 0 Å². The van der Waals surface area contributed by atoms with Gasteiger partial charge >= 0.3 is 0 Å². The summed E-state index contributed by atoms with van der Waals surface area (Å²) in [4.78, 5) is 0. The third-order valence-corrected chi connectivity index (χ3v) is 3.55. The highest BCUT2D eigenvalue weighted by atomic mass is 14.8. The molecule has 0 amide bonds. The van der Waals surface area contributed by atoms with Crippen LogP contribution in [-0.2, 0) is 0 Å². The molecule has 0 aromatic rings. The van der Waals surface area contributed by atoms with Gasteiger partial charge < -0.3 is 5.32 Å². The van der Waals surface area contributed by atoms with Crippen molar-refractivity contribution in [3.05, 3.63) is 0 Å². The Morgan fingerprint density at radius 2 is 1.11 bits per heavy atom. The molecular weight excluding hydrogens is 230 g/mol. The summed E-state index contributed by atoms with van der Waals surface area (Å²) in [5.41, 5.74) is 0. The fraction of sp³-hybridized carbons (Fsp3) is 0.889. The van der Waals surface area contributed by atoms with Crippen molar-refractivity contribution < 1.29 is 0 Å². The van der Waals surface area contributed by atoms with Gasteiger partial charge in [0.25, 0.3) is 0 Å². The van der Waals surface area contributed by atoms with Crippen molar-refractivity contribution in [1.82, 2.24) is 5.32 Å². The second kappa shape index (κ2) is 17.5. The quantitative estimate of drug-likeness (QED) is 0.352. The maximum absolute atomic E-state index is 3.21. The topological polar surface area (TPSA) is 12.0 Å². The number of rotatable bonds is 13. The zero-order valence-electron chi connectivity index (χ0n) is 13.4. The average Bonchev–Trinajstić information content (AvgIpc) is 2.43. The van der Waals surface area contributed by atoms with E-state index in [4.69, 9.17) is 0 Å². The lowest BCUT2D eigenvalue weighted by molar-refractivity contribution is 0.545. The lowest BCUT2D eigenvalue weighted by atomic mass is 10.0. The minimum Gasteiger partial charge on any atom is -0.309 e. The van der Waals surface area contributed by atoms with Crippen LogP contribution < -0.4 is 5.32 Å². The van der Waals surface area contributed by atoms with Crippen molar-refractivity contribution in [2.45, 2.75) is 90.4 Å². The first-order chi connectivity index (χ1) is 9.41. The molecule has 1 nitrogen and oxygen atoms in total. The predicted octanol–water partition coefficient (Wildman–Crippen LogP) is 5.30. The summed E-state index contributed by atoms with van der Waals surface area (Å²) >= 11 is 0. The number of hydrogen-bond acceptors (Lipinski definition) is 1. The Morgan fingerprint density at radius 3 is 1.58 bits per heavy atom. The third kappa shape index (κ3) is 17.5. The fourth-order valence-electron chi connectivity index (χ4n) is 2.29. The summed E-state index contributed by atoms with van der Waals surface area (Å²) in [5, 5.41) is 3.04. The van der Waals surface area contributed by atoms with Crippen molar-refractivity contribution >= 4 is 0 Å². The number of hydrogen-bond donors (Lipinski definition) is 1. The Hall–Kier alpha value is -0.480. The van der Waals surface area contributed by atoms with E-state index < -0.39 is 0 Å². The second-order valence-corrected chi connectivity index (χ2v) is 5.52. The molecule has 0 heterocycles. The molecule has 1 N–H and O–H groups in total. The van der Waals surface area contributed by atoms with E-state index in [9.17, 15) is 0 Å². The Bertz CT molecular complexity index is 211. The van der Waals surface area contributed by atoms with Crippen LogP contribution in [0.1, 0.15) is 90.4 Å². The highest BCUT2D eigenvalue weighted by Crippen LogP contribution is 2.12. The van der Waals surface area contributed by atoms with E-state index in [1.165, 1.54) is 77.0 Å². The normalized spacial score (nSPS) is 10.2. The number of nitrogens with one attached hydrogen (secondary N) is 1. The van der Waals surface area contributed by atoms with Gasteiger partial charge in [-0.15, -0.1) is 5.92 Å². The highest BCUT2D eigenvalue weighted by Gasteiger charge is 1.92. The molecule has 0 aromatic heterocycles. The minimum absolute atomic E-state index is 0.832. The fourth-order valence-corrected chi connectivity index (χ4v) is 2.29. The second-order valence-electron chi connectivity index (χ2n) is 5.52. The smallest absolute Gasteiger partial charge is 0.0574 e. The van der Waals surface area contributed by atoms with Gasteiger partial charge in [-0.2, -0.15) is 0 Å². The largest absolute Gasteiger partial charge is 0.309 e. The Morgan fingerprint density at radius 1 is 0.632 bits per heavy atom. The van der Waals surface area contributed by atoms with E-state index in [1.807, 2.05) is 7.05 Å². The van der Waals surface area contributed by atoms with Crippen LogP contribution in [0.3, 0.4) is 0 Å². The molecule has 1 heteroatoms. The van der Waals surface area contributed by atoms with Gasteiger partial charge in [-0.25, -0.2) is 0 Å². The molecule has 0 aliphatic carbocycles. The number of unbranched alkanes of at least 4 members (excludes halogenated alkanes) is 12. The summed E-state index contributed by atoms with van der Waals surface area (Å²) < 4.78 is 0. The molecule has 19 heavy (non-hydrogen) atoms. The summed E-state index contributed by atoms with van der Waals surface area (Å²) in [5.74, 6) is 6.32. The van der Waals surface area contributed by atoms with Gasteiger partial charge in [-0.05, 0) is 13.5 Å². The Balaban J connectivity index is 2.97. The molecule has 0 bridgehead atoms. The van der Waals surface area contributed by atoms with E-state index in [0.29, 0.717) is 0 Å². The van der Waals surface area contributed by atoms with Gasteiger partial charge in [-0.3, -0.25) is 0 Å². The first kappa shape index (κ1) is 18.5. The average molecular weight is 265 g/mol. The molecule has 0 aliphatic rings. The van der Waals surface area contributed by atoms with E-state index in [1.54, 1.807) is 0 Å². The molecule has 0 saturated carbocycles. The SMILES string of the molecule is CCCCCCCCCCCCCCC#CCNC. The lowest BCUT2D eigenvalue weighted by Crippen LogP contribution is -2.04. The van der Waals surface area contributed by atoms with Crippen LogP contribution >= 0.6 is 0 Å². The van der Waals surface area contributed by atoms with Crippen LogP contribution in [0.2, 0.25) is 0 Å². The molecule has 0 saturated heterocycles. The molecule has 0 aromatic carbocycles. The summed E-state index contributed by atoms with van der Waals surface area (Å²) in [6, 6.07) is 0. The lowest BCUT2D eigenvalue weighted by Gasteiger charge is -2.01. The monoisotopic (exact) mass is 265 g/mol. The Kier molecular flexibility index (Phi) is 17.1. The summed E-state index contributed by atoms with van der Waals surface area (Å²) in [6.07, 6.45) is 18.1. The van der Waals surface area contributed by atoms with E-state index in [2.05, 4.69) is 24.1 Å². The third-order valence-electron chi connectivity index (χ3n) is 3.55. The van der Waals surface area contributed by atoms with Crippen molar-refractivity contribution in [1.29, 1.82) is 0 Å². The molecule has 0 spiro atoms. The molecule has 0 rings (SSSR count). The first-order valence-corrected chi connectivity index (χ1v) is 8.52. The molecule has 0 atom stereocenters. The van der Waals surface area contributed by atoms with Crippen LogP contribution in [0.4, 0.5) is 0 Å². The van der Waals surface area contributed by atoms with Crippen molar-refractivity contribution in [3.63, 3.8) is 0 Å². The van der Waals surface area contributed by atoms with Gasteiger partial charge in [-0.1, -0.05) is 83.5 Å². The predicted molar refractivity (Wildman–Crippen MR) is 87.4 cm³/mol. The van der Waals surface area contributed by atoms with Gasteiger partial charge in [0.1, 0.15) is 0 Å². The molecule has 112 valence electrons. The van der Waals surface area contributed by atoms with E-state index >= 15 is 0 Å². The van der Waals surface area contributed by atoms with Crippen molar-refractivity contribution in [2.24, 2.45) is 0 Å². The van der Waals surface area contributed by atoms with E-state index in [0.717, 1.165) is 13.0 Å². The van der Waals surface area contributed by atoms with Crippen LogP contribution in [0, 0.1) is 11.8 Å². The van der Waals surface area contributed by atoms with E-state index in [-0.39, 0.29) is 0 Å². The molecule has 0 unspecified atom stereocenters. The molecular formula is C18H35N. The summed E-state index contributed by atoms with van der Waals surface area (Å²) in [6.45, 7) is 3.12. The van der Waals surface area contributed by atoms with Gasteiger partial charge in [0, 0.05) is 6.42 Å². The van der Waals surface area contributed by atoms with Gasteiger partial charge in [0.2, 0.25) is 0 Å². The molecule has 0 radical (unpaired) electrons. The van der Waals surface area contributed by atoms with Crippen LogP contribution in [0.15, 0.2) is 0 Å². The first-order valence-electron chi connectivity index (χ1n) is 8.52. The van der Waals surface area contributed by atoms with Gasteiger partial charge in [0.05, 0.1) is 6.54 Å². The van der Waals surface area contributed by atoms with Crippen LogP contribution in [0.5, 0.6) is 0 Å². The zero-order valence-corrected chi connectivity index (χ0v) is 13.4. The standard InChI is InChI=1S/C18H35N/c1-3-4-5-6-7-8-9-10-11-12-13-14-15-16-17-18-19-2/h19H,3-15,18H2,1-2H3. The van der Waals surface area contributed by atoms with Crippen molar-refractivity contribution in [2.75, 3.05) is 13.6 Å². The van der Waals surface area contributed by atoms with Crippen LogP contribution in [-0.4, -0.2) is 13.6 Å². The molecule has 0 fully saturated rings. The maximum atomic E-state index is 3.21. The van der Waals surface area contributed by atoms with Crippen LogP contribution in [0.25, 0.3) is 0 Å². The zero-order chi connectivity index (χ0) is 14.0.